The third-order valence-corrected chi connectivity index (χ3v) is 22.8. The van der Waals surface area contributed by atoms with Crippen LogP contribution in [0.15, 0.2) is 72.8 Å². The Balaban J connectivity index is 1.12. The molecule has 0 saturated heterocycles. The van der Waals surface area contributed by atoms with E-state index in [1.54, 1.807) is 22.3 Å². The van der Waals surface area contributed by atoms with Gasteiger partial charge in [0.15, 0.2) is 0 Å². The summed E-state index contributed by atoms with van der Waals surface area (Å²) in [7, 11) is 0. The first-order valence-corrected chi connectivity index (χ1v) is 28.4. The number of fused-ring (bicyclic) bond motifs is 18. The van der Waals surface area contributed by atoms with Gasteiger partial charge in [-0.3, -0.25) is 0 Å². The summed E-state index contributed by atoms with van der Waals surface area (Å²) in [6, 6.07) is 31.7. The molecule has 0 spiro atoms. The summed E-state index contributed by atoms with van der Waals surface area (Å²) in [5, 5.41) is 1.46. The zero-order valence-electron chi connectivity index (χ0n) is 45.4. The summed E-state index contributed by atoms with van der Waals surface area (Å²) in [4.78, 5) is 5.61. The Morgan fingerprint density at radius 3 is 1.40 bits per heavy atom. The van der Waals surface area contributed by atoms with Crippen LogP contribution in [0, 0.1) is 0 Å². The van der Waals surface area contributed by atoms with Crippen molar-refractivity contribution in [3.05, 3.63) is 123 Å². The van der Waals surface area contributed by atoms with Crippen LogP contribution < -0.4 is 25.5 Å². The molecule has 4 bridgehead atoms. The maximum Gasteiger partial charge on any atom is 0.264 e. The molecule has 6 aromatic rings. The summed E-state index contributed by atoms with van der Waals surface area (Å²) in [6.45, 7) is 37.7. The lowest BCUT2D eigenvalue weighted by Gasteiger charge is -2.46. The molecule has 4 atom stereocenters. The number of rotatable bonds is 2. The number of hydrogen-bond acceptors (Lipinski definition) is 3. The van der Waals surface area contributed by atoms with Gasteiger partial charge in [-0.1, -0.05) is 122 Å². The van der Waals surface area contributed by atoms with Gasteiger partial charge in [0.25, 0.3) is 6.71 Å². The van der Waals surface area contributed by atoms with Crippen molar-refractivity contribution in [2.45, 2.75) is 217 Å². The van der Waals surface area contributed by atoms with E-state index in [0.717, 1.165) is 0 Å². The van der Waals surface area contributed by atoms with E-state index < -0.39 is 0 Å². The molecule has 0 radical (unpaired) electrons. The van der Waals surface area contributed by atoms with E-state index in [1.165, 1.54) is 152 Å². The first-order chi connectivity index (χ1) is 32.7. The van der Waals surface area contributed by atoms with Crippen LogP contribution in [0.4, 0.5) is 34.1 Å². The molecule has 0 N–H and O–H groups in total. The van der Waals surface area contributed by atoms with Gasteiger partial charge >= 0.3 is 0 Å². The second-order valence-corrected chi connectivity index (χ2v) is 30.6. The molecule has 6 aliphatic carbocycles. The Kier molecular flexibility index (Phi) is 8.31. The normalized spacial score (nSPS) is 29.4. The highest BCUT2D eigenvalue weighted by atomic mass is 32.1. The van der Waals surface area contributed by atoms with Crippen molar-refractivity contribution in [3.63, 3.8) is 0 Å². The second kappa shape index (κ2) is 13.1. The van der Waals surface area contributed by atoms with E-state index in [-0.39, 0.29) is 55.4 Å². The minimum atomic E-state index is -0.0807. The Morgan fingerprint density at radius 1 is 0.443 bits per heavy atom. The fourth-order valence-electron chi connectivity index (χ4n) is 17.1. The monoisotopic (exact) mass is 941 g/mol. The molecular weight excluding hydrogens is 864 g/mol. The first-order valence-electron chi connectivity index (χ1n) is 27.5. The second-order valence-electron chi connectivity index (χ2n) is 29.5. The van der Waals surface area contributed by atoms with Gasteiger partial charge in [-0.25, -0.2) is 0 Å². The van der Waals surface area contributed by atoms with Crippen LogP contribution in [0.5, 0.6) is 0 Å². The van der Waals surface area contributed by atoms with Crippen LogP contribution in [0.2, 0.25) is 0 Å². The SMILES string of the molecule is CC(C)(C)c1cc2c3c(c1)N(c1ccc4c(c1)C(C)(C)CCC4(C)C)c1c(sc4cc5c(cc14)C1(C)CCC5(C)C1)B3c1cc3c(cc1N2c1ccc2c(c1)C(C)(C)CCC2(C)C)C1(C)CCC3(C)C1. The average Bonchev–Trinajstić information content (AvgIpc) is 4.04. The molecule has 4 unspecified atom stereocenters. The molecule has 14 rings (SSSR count). The lowest BCUT2D eigenvalue weighted by molar-refractivity contribution is 0.332. The van der Waals surface area contributed by atoms with Gasteiger partial charge in [-0.15, -0.1) is 11.3 Å². The van der Waals surface area contributed by atoms with Crippen molar-refractivity contribution in [2.75, 3.05) is 9.80 Å². The minimum Gasteiger partial charge on any atom is -0.311 e. The fraction of sp³-hybridized carbons (Fsp3) is 0.515. The number of anilines is 6. The summed E-state index contributed by atoms with van der Waals surface area (Å²) in [5.74, 6) is 0. The van der Waals surface area contributed by atoms with Crippen molar-refractivity contribution < 1.29 is 0 Å². The molecule has 3 heterocycles. The Bertz CT molecular complexity index is 3370. The standard InChI is InChI=1S/C66H77BN2S/c1-58(2,3)38-28-52-55-53(29-38)69(40-17-19-43-45(31-40)62(10,11)23-21-60(43,6)7)56-41-32-46-49(66(15)27-24-63(46,12)36-66)35-54(41)70-57(56)67(55)50-33-47-48(65(14)26-25-64(47,13)37-65)34-51(50)68(52)39-16-18-42-44(30-39)61(8,9)22-20-59(42,4)5/h16-19,28-35H,20-27,36-37H2,1-15H3. The van der Waals surface area contributed by atoms with Crippen LogP contribution in [-0.2, 0) is 48.7 Å². The number of hydrogen-bond donors (Lipinski definition) is 0. The molecule has 1 aromatic heterocycles. The predicted molar refractivity (Wildman–Crippen MR) is 302 cm³/mol. The maximum atomic E-state index is 2.82. The van der Waals surface area contributed by atoms with Crippen LogP contribution in [0.1, 0.15) is 218 Å². The fourth-order valence-corrected chi connectivity index (χ4v) is 18.4. The van der Waals surface area contributed by atoms with Gasteiger partial charge in [0.1, 0.15) is 0 Å². The molecule has 5 aromatic carbocycles. The van der Waals surface area contributed by atoms with Crippen LogP contribution >= 0.6 is 11.3 Å². The zero-order valence-corrected chi connectivity index (χ0v) is 46.2. The van der Waals surface area contributed by atoms with Gasteiger partial charge in [0, 0.05) is 43.3 Å². The number of nitrogens with zero attached hydrogens (tertiary/aromatic N) is 2. The quantitative estimate of drug-likeness (QED) is 0.159. The van der Waals surface area contributed by atoms with E-state index in [2.05, 4.69) is 198 Å². The highest BCUT2D eigenvalue weighted by Gasteiger charge is 2.57. The van der Waals surface area contributed by atoms with Crippen molar-refractivity contribution in [1.29, 1.82) is 0 Å². The van der Waals surface area contributed by atoms with E-state index in [1.807, 2.05) is 0 Å². The summed E-state index contributed by atoms with van der Waals surface area (Å²) < 4.78 is 3.00. The van der Waals surface area contributed by atoms with E-state index >= 15 is 0 Å². The molecule has 2 saturated carbocycles. The predicted octanol–water partition coefficient (Wildman–Crippen LogP) is 16.4. The number of benzene rings is 5. The van der Waals surface area contributed by atoms with E-state index in [0.29, 0.717) is 0 Å². The lowest BCUT2D eigenvalue weighted by atomic mass is 9.35. The molecule has 0 amide bonds. The van der Waals surface area contributed by atoms with E-state index in [4.69, 9.17) is 0 Å². The topological polar surface area (TPSA) is 6.48 Å². The van der Waals surface area contributed by atoms with Crippen molar-refractivity contribution >= 4 is 78.0 Å². The first kappa shape index (κ1) is 44.4. The maximum absolute atomic E-state index is 2.82. The van der Waals surface area contributed by atoms with Crippen molar-refractivity contribution in [1.82, 2.24) is 0 Å². The average molecular weight is 941 g/mol. The van der Waals surface area contributed by atoms with Crippen molar-refractivity contribution in [3.8, 4) is 0 Å². The molecule has 2 aliphatic heterocycles. The molecular formula is C66H77BN2S. The highest BCUT2D eigenvalue weighted by molar-refractivity contribution is 7.33. The summed E-state index contributed by atoms with van der Waals surface area (Å²) >= 11 is 2.13. The molecule has 70 heavy (non-hydrogen) atoms. The summed E-state index contributed by atoms with van der Waals surface area (Å²) in [6.07, 6.45) is 12.5. The Morgan fingerprint density at radius 2 is 0.886 bits per heavy atom. The van der Waals surface area contributed by atoms with Gasteiger partial charge in [-0.2, -0.15) is 0 Å². The van der Waals surface area contributed by atoms with Gasteiger partial charge in [-0.05, 0) is 229 Å². The third kappa shape index (κ3) is 5.59. The van der Waals surface area contributed by atoms with Gasteiger partial charge in [0.2, 0.25) is 0 Å². The minimum absolute atomic E-state index is 0.0807. The van der Waals surface area contributed by atoms with Gasteiger partial charge in [0.05, 0.1) is 5.69 Å². The van der Waals surface area contributed by atoms with Crippen LogP contribution in [0.3, 0.4) is 0 Å². The Hall–Kier alpha value is -4.28. The highest BCUT2D eigenvalue weighted by Crippen LogP contribution is 2.64. The zero-order chi connectivity index (χ0) is 49.0. The number of thiophene rings is 1. The molecule has 2 nitrogen and oxygen atoms in total. The molecule has 2 fully saturated rings. The summed E-state index contributed by atoms with van der Waals surface area (Å²) in [5.41, 5.74) is 26.6. The molecule has 360 valence electrons. The van der Waals surface area contributed by atoms with E-state index in [9.17, 15) is 0 Å². The third-order valence-electron chi connectivity index (χ3n) is 21.6. The molecule has 4 heteroatoms. The smallest absolute Gasteiger partial charge is 0.264 e. The van der Waals surface area contributed by atoms with Crippen molar-refractivity contribution in [2.24, 2.45) is 0 Å². The van der Waals surface area contributed by atoms with Crippen LogP contribution in [-0.4, -0.2) is 6.71 Å². The van der Waals surface area contributed by atoms with Crippen LogP contribution in [0.25, 0.3) is 10.1 Å². The lowest BCUT2D eigenvalue weighted by Crippen LogP contribution is -2.61. The Labute approximate surface area is 425 Å². The van der Waals surface area contributed by atoms with Gasteiger partial charge < -0.3 is 9.80 Å². The largest absolute Gasteiger partial charge is 0.311 e. The molecule has 8 aliphatic rings.